The van der Waals surface area contributed by atoms with Crippen molar-refractivity contribution in [1.29, 1.82) is 0 Å². The van der Waals surface area contributed by atoms with E-state index in [2.05, 4.69) is 4.99 Å². The summed E-state index contributed by atoms with van der Waals surface area (Å²) in [5.41, 5.74) is 7.67. The van der Waals surface area contributed by atoms with E-state index in [0.29, 0.717) is 17.5 Å². The molecule has 0 radical (unpaired) electrons. The van der Waals surface area contributed by atoms with Crippen LogP contribution in [0.1, 0.15) is 11.6 Å². The second-order valence-corrected chi connectivity index (χ2v) is 5.58. The van der Waals surface area contributed by atoms with Gasteiger partial charge in [0.2, 0.25) is 0 Å². The van der Waals surface area contributed by atoms with Gasteiger partial charge in [0.15, 0.2) is 5.96 Å². The third-order valence-corrected chi connectivity index (χ3v) is 3.92. The molecule has 0 amide bonds. The molecule has 6 heteroatoms. The van der Waals surface area contributed by atoms with E-state index in [1.54, 1.807) is 18.2 Å². The quantitative estimate of drug-likeness (QED) is 0.907. The molecule has 0 aliphatic carbocycles. The van der Waals surface area contributed by atoms with Crippen LogP contribution in [0.5, 0.6) is 0 Å². The van der Waals surface area contributed by atoms with Gasteiger partial charge >= 0.3 is 0 Å². The van der Waals surface area contributed by atoms with Crippen LogP contribution in [0.25, 0.3) is 0 Å². The van der Waals surface area contributed by atoms with E-state index in [4.69, 9.17) is 28.9 Å². The largest absolute Gasteiger partial charge is 0.369 e. The average molecular weight is 324 g/mol. The third-order valence-electron chi connectivity index (χ3n) is 3.40. The van der Waals surface area contributed by atoms with E-state index in [1.807, 2.05) is 23.1 Å². The average Bonchev–Trinajstić information content (AvgIpc) is 2.84. The molecule has 21 heavy (non-hydrogen) atoms. The highest BCUT2D eigenvalue weighted by molar-refractivity contribution is 6.31. The Morgan fingerprint density at radius 3 is 2.71 bits per heavy atom. The normalized spacial score (nSPS) is 18.0. The highest BCUT2D eigenvalue weighted by atomic mass is 35.5. The van der Waals surface area contributed by atoms with Crippen molar-refractivity contribution in [3.8, 4) is 0 Å². The van der Waals surface area contributed by atoms with Crippen molar-refractivity contribution in [1.82, 2.24) is 0 Å². The number of nitrogens with two attached hydrogens (primary N) is 1. The highest BCUT2D eigenvalue weighted by Crippen LogP contribution is 2.33. The Morgan fingerprint density at radius 2 is 2.00 bits per heavy atom. The molecule has 0 fully saturated rings. The summed E-state index contributed by atoms with van der Waals surface area (Å²) in [6.45, 7) is 0.486. The fourth-order valence-electron chi connectivity index (χ4n) is 2.41. The lowest BCUT2D eigenvalue weighted by Crippen LogP contribution is -2.36. The maximum Gasteiger partial charge on any atom is 0.196 e. The summed E-state index contributed by atoms with van der Waals surface area (Å²) in [6, 6.07) is 11.9. The Hall–Kier alpha value is -1.78. The van der Waals surface area contributed by atoms with Gasteiger partial charge in [-0.15, -0.1) is 0 Å². The van der Waals surface area contributed by atoms with Crippen LogP contribution in [0, 0.1) is 5.82 Å². The van der Waals surface area contributed by atoms with Crippen molar-refractivity contribution in [2.45, 2.75) is 6.04 Å². The fourth-order valence-corrected chi connectivity index (χ4v) is 2.78. The van der Waals surface area contributed by atoms with Crippen LogP contribution < -0.4 is 10.6 Å². The predicted octanol–water partition coefficient (Wildman–Crippen LogP) is 4.01. The molecule has 2 N–H and O–H groups in total. The number of guanidine groups is 1. The molecule has 0 spiro atoms. The predicted molar refractivity (Wildman–Crippen MR) is 84.6 cm³/mol. The number of hydrogen-bond donors (Lipinski definition) is 1. The first kappa shape index (κ1) is 14.2. The van der Waals surface area contributed by atoms with Crippen LogP contribution in [-0.2, 0) is 0 Å². The molecule has 1 atom stereocenters. The SMILES string of the molecule is NC1=NCC(c2ccc(F)c(Cl)c2)N1c1cccc(Cl)c1. The zero-order valence-corrected chi connectivity index (χ0v) is 12.4. The summed E-state index contributed by atoms with van der Waals surface area (Å²) in [4.78, 5) is 6.14. The maximum absolute atomic E-state index is 13.3. The van der Waals surface area contributed by atoms with Gasteiger partial charge in [-0.2, -0.15) is 0 Å². The maximum atomic E-state index is 13.3. The molecule has 2 aromatic carbocycles. The van der Waals surface area contributed by atoms with E-state index in [0.717, 1.165) is 11.3 Å². The molecular formula is C15H12Cl2FN3. The second-order valence-electron chi connectivity index (χ2n) is 4.74. The number of aliphatic imine (C=N–C) groups is 1. The Kier molecular flexibility index (Phi) is 3.74. The first-order valence-corrected chi connectivity index (χ1v) is 7.11. The molecule has 3 nitrogen and oxygen atoms in total. The molecule has 0 aromatic heterocycles. The van der Waals surface area contributed by atoms with Gasteiger partial charge in [0, 0.05) is 10.7 Å². The Bertz CT molecular complexity index is 718. The third kappa shape index (κ3) is 2.69. The van der Waals surface area contributed by atoms with Gasteiger partial charge in [0.05, 0.1) is 17.6 Å². The molecule has 1 unspecified atom stereocenters. The van der Waals surface area contributed by atoms with E-state index in [1.165, 1.54) is 6.07 Å². The Balaban J connectivity index is 2.00. The molecule has 108 valence electrons. The number of hydrogen-bond acceptors (Lipinski definition) is 3. The first-order valence-electron chi connectivity index (χ1n) is 6.36. The number of benzene rings is 2. The summed E-state index contributed by atoms with van der Waals surface area (Å²) < 4.78 is 13.3. The van der Waals surface area contributed by atoms with Crippen molar-refractivity contribution < 1.29 is 4.39 Å². The molecule has 1 heterocycles. The molecule has 3 rings (SSSR count). The Morgan fingerprint density at radius 1 is 1.19 bits per heavy atom. The minimum Gasteiger partial charge on any atom is -0.369 e. The van der Waals surface area contributed by atoms with Crippen LogP contribution in [-0.4, -0.2) is 12.5 Å². The lowest BCUT2D eigenvalue weighted by atomic mass is 10.1. The molecular weight excluding hydrogens is 312 g/mol. The smallest absolute Gasteiger partial charge is 0.196 e. The minimum absolute atomic E-state index is 0.0871. The Labute approximate surface area is 131 Å². The van der Waals surface area contributed by atoms with Crippen LogP contribution in [0.15, 0.2) is 47.5 Å². The van der Waals surface area contributed by atoms with Gasteiger partial charge in [-0.05, 0) is 35.9 Å². The molecule has 0 saturated carbocycles. The van der Waals surface area contributed by atoms with Crippen molar-refractivity contribution in [2.24, 2.45) is 10.7 Å². The highest BCUT2D eigenvalue weighted by Gasteiger charge is 2.29. The summed E-state index contributed by atoms with van der Waals surface area (Å²) in [5, 5.41) is 0.701. The van der Waals surface area contributed by atoms with Gasteiger partial charge in [0.1, 0.15) is 5.82 Å². The van der Waals surface area contributed by atoms with E-state index < -0.39 is 5.82 Å². The van der Waals surface area contributed by atoms with E-state index in [9.17, 15) is 4.39 Å². The van der Waals surface area contributed by atoms with Gasteiger partial charge in [-0.25, -0.2) is 4.39 Å². The van der Waals surface area contributed by atoms with E-state index in [-0.39, 0.29) is 11.1 Å². The number of rotatable bonds is 2. The molecule has 0 bridgehead atoms. The monoisotopic (exact) mass is 323 g/mol. The molecule has 2 aromatic rings. The lowest BCUT2D eigenvalue weighted by molar-refractivity contribution is 0.626. The molecule has 1 aliphatic rings. The van der Waals surface area contributed by atoms with Gasteiger partial charge in [0.25, 0.3) is 0 Å². The molecule has 1 aliphatic heterocycles. The standard InChI is InChI=1S/C15H12Cl2FN3/c16-10-2-1-3-11(7-10)21-14(8-20-15(21)19)9-4-5-13(18)12(17)6-9/h1-7,14H,8H2,(H2,19,20). The van der Waals surface area contributed by atoms with Gasteiger partial charge < -0.3 is 10.6 Å². The van der Waals surface area contributed by atoms with Crippen LogP contribution in [0.3, 0.4) is 0 Å². The summed E-state index contributed by atoms with van der Waals surface area (Å²) in [7, 11) is 0. The zero-order valence-electron chi connectivity index (χ0n) is 10.9. The van der Waals surface area contributed by atoms with E-state index >= 15 is 0 Å². The molecule has 0 saturated heterocycles. The minimum atomic E-state index is -0.443. The summed E-state index contributed by atoms with van der Waals surface area (Å²) >= 11 is 11.9. The first-order chi connectivity index (χ1) is 10.1. The summed E-state index contributed by atoms with van der Waals surface area (Å²) in [5.74, 6) is -0.0377. The number of halogens is 3. The lowest BCUT2D eigenvalue weighted by Gasteiger charge is -2.27. The number of nitrogens with zero attached hydrogens (tertiary/aromatic N) is 2. The van der Waals surface area contributed by atoms with Gasteiger partial charge in [-0.1, -0.05) is 35.3 Å². The van der Waals surface area contributed by atoms with Crippen LogP contribution in [0.2, 0.25) is 10.0 Å². The van der Waals surface area contributed by atoms with Crippen LogP contribution >= 0.6 is 23.2 Å². The van der Waals surface area contributed by atoms with Crippen molar-refractivity contribution in [2.75, 3.05) is 11.4 Å². The van der Waals surface area contributed by atoms with Crippen molar-refractivity contribution in [3.63, 3.8) is 0 Å². The van der Waals surface area contributed by atoms with Crippen molar-refractivity contribution >= 4 is 34.8 Å². The zero-order chi connectivity index (χ0) is 15.0. The second kappa shape index (κ2) is 5.54. The van der Waals surface area contributed by atoms with Crippen LogP contribution in [0.4, 0.5) is 10.1 Å². The topological polar surface area (TPSA) is 41.6 Å². The fraction of sp³-hybridized carbons (Fsp3) is 0.133. The summed E-state index contributed by atoms with van der Waals surface area (Å²) in [6.07, 6.45) is 0. The number of anilines is 1. The van der Waals surface area contributed by atoms with Gasteiger partial charge in [-0.3, -0.25) is 4.99 Å². The van der Waals surface area contributed by atoms with Crippen molar-refractivity contribution in [3.05, 3.63) is 63.9 Å².